The van der Waals surface area contributed by atoms with E-state index < -0.39 is 0 Å². The molecule has 0 aliphatic rings. The first-order valence-corrected chi connectivity index (χ1v) is 8.05. The van der Waals surface area contributed by atoms with Crippen molar-refractivity contribution in [2.75, 3.05) is 13.1 Å². The third-order valence-corrected chi connectivity index (χ3v) is 3.71. The molecule has 0 heterocycles. The third kappa shape index (κ3) is 7.80. The monoisotopic (exact) mass is 301 g/mol. The molecule has 20 heavy (non-hydrogen) atoms. The molecule has 1 amide bonds. The molecule has 0 aromatic heterocycles. The van der Waals surface area contributed by atoms with Crippen LogP contribution in [0.1, 0.15) is 53.9 Å². The Hall–Kier alpha value is -0.680. The highest BCUT2D eigenvalue weighted by molar-refractivity contribution is 7.80. The van der Waals surface area contributed by atoms with Crippen LogP contribution in [0.2, 0.25) is 0 Å². The Bertz CT molecular complexity index is 303. The van der Waals surface area contributed by atoms with E-state index >= 15 is 0 Å². The molecule has 0 aliphatic carbocycles. The second kappa shape index (κ2) is 10.1. The molecule has 0 fully saturated rings. The van der Waals surface area contributed by atoms with Gasteiger partial charge in [-0.25, -0.2) is 0 Å². The minimum absolute atomic E-state index is 0.0993. The Labute approximate surface area is 129 Å². The maximum absolute atomic E-state index is 12.3. The van der Waals surface area contributed by atoms with Crippen molar-refractivity contribution < 1.29 is 4.79 Å². The SMILES string of the molecule is CCC(CC)NC(=O)C(C)N(CCC(N)=S)CC(C)C. The first-order chi connectivity index (χ1) is 9.31. The van der Waals surface area contributed by atoms with Crippen LogP contribution in [0, 0.1) is 5.92 Å². The number of nitrogens with two attached hydrogens (primary N) is 1. The third-order valence-electron chi connectivity index (χ3n) is 3.50. The molecule has 0 aliphatic heterocycles. The molecule has 0 aromatic carbocycles. The second-order valence-electron chi connectivity index (χ2n) is 5.80. The van der Waals surface area contributed by atoms with Gasteiger partial charge in [0.1, 0.15) is 0 Å². The summed E-state index contributed by atoms with van der Waals surface area (Å²) in [7, 11) is 0. The maximum Gasteiger partial charge on any atom is 0.237 e. The Balaban J connectivity index is 4.61. The van der Waals surface area contributed by atoms with Crippen molar-refractivity contribution in [3.05, 3.63) is 0 Å². The lowest BCUT2D eigenvalue weighted by molar-refractivity contribution is -0.126. The minimum Gasteiger partial charge on any atom is -0.393 e. The highest BCUT2D eigenvalue weighted by Crippen LogP contribution is 2.07. The average molecular weight is 302 g/mol. The van der Waals surface area contributed by atoms with E-state index in [0.717, 1.165) is 25.9 Å². The van der Waals surface area contributed by atoms with Gasteiger partial charge in [0.05, 0.1) is 11.0 Å². The van der Waals surface area contributed by atoms with Gasteiger partial charge in [-0.05, 0) is 25.7 Å². The topological polar surface area (TPSA) is 58.4 Å². The molecule has 118 valence electrons. The first-order valence-electron chi connectivity index (χ1n) is 7.64. The summed E-state index contributed by atoms with van der Waals surface area (Å²) in [6, 6.07) is 0.119. The van der Waals surface area contributed by atoms with Gasteiger partial charge in [0.25, 0.3) is 0 Å². The largest absolute Gasteiger partial charge is 0.393 e. The van der Waals surface area contributed by atoms with Crippen molar-refractivity contribution in [3.8, 4) is 0 Å². The lowest BCUT2D eigenvalue weighted by atomic mass is 10.1. The summed E-state index contributed by atoms with van der Waals surface area (Å²) in [5.41, 5.74) is 5.58. The Morgan fingerprint density at radius 3 is 2.20 bits per heavy atom. The number of hydrogen-bond acceptors (Lipinski definition) is 3. The predicted molar refractivity (Wildman–Crippen MR) is 89.8 cm³/mol. The highest BCUT2D eigenvalue weighted by atomic mass is 32.1. The lowest BCUT2D eigenvalue weighted by Gasteiger charge is -2.30. The van der Waals surface area contributed by atoms with Gasteiger partial charge in [-0.3, -0.25) is 9.69 Å². The quantitative estimate of drug-likeness (QED) is 0.608. The number of nitrogens with one attached hydrogen (secondary N) is 1. The molecular formula is C15H31N3OS. The van der Waals surface area contributed by atoms with Gasteiger partial charge in [-0.2, -0.15) is 0 Å². The Morgan fingerprint density at radius 2 is 1.80 bits per heavy atom. The highest BCUT2D eigenvalue weighted by Gasteiger charge is 2.23. The van der Waals surface area contributed by atoms with Crippen LogP contribution >= 0.6 is 12.2 Å². The van der Waals surface area contributed by atoms with Gasteiger partial charge in [-0.15, -0.1) is 0 Å². The normalized spacial score (nSPS) is 13.0. The van der Waals surface area contributed by atoms with E-state index in [4.69, 9.17) is 18.0 Å². The number of carbonyl (C=O) groups excluding carboxylic acids is 1. The van der Waals surface area contributed by atoms with Crippen molar-refractivity contribution in [2.24, 2.45) is 11.7 Å². The van der Waals surface area contributed by atoms with Crippen LogP contribution in [-0.2, 0) is 4.79 Å². The van der Waals surface area contributed by atoms with Crippen molar-refractivity contribution in [2.45, 2.75) is 66.0 Å². The zero-order chi connectivity index (χ0) is 15.7. The molecule has 0 bridgehead atoms. The number of amides is 1. The predicted octanol–water partition coefficient (Wildman–Crippen LogP) is 2.31. The van der Waals surface area contributed by atoms with Crippen LogP contribution in [-0.4, -0.2) is 41.0 Å². The number of thiocarbonyl (C=S) groups is 1. The molecule has 0 rings (SSSR count). The van der Waals surface area contributed by atoms with Gasteiger partial charge >= 0.3 is 0 Å². The average Bonchev–Trinajstić information content (AvgIpc) is 2.38. The second-order valence-corrected chi connectivity index (χ2v) is 6.33. The van der Waals surface area contributed by atoms with Crippen LogP contribution in [0.3, 0.4) is 0 Å². The van der Waals surface area contributed by atoms with Gasteiger partial charge in [0.2, 0.25) is 5.91 Å². The van der Waals surface area contributed by atoms with E-state index in [1.165, 1.54) is 0 Å². The summed E-state index contributed by atoms with van der Waals surface area (Å²) in [6.07, 6.45) is 2.59. The summed E-state index contributed by atoms with van der Waals surface area (Å²) in [6.45, 7) is 12.1. The Morgan fingerprint density at radius 1 is 1.25 bits per heavy atom. The minimum atomic E-state index is -0.146. The maximum atomic E-state index is 12.3. The zero-order valence-electron chi connectivity index (χ0n) is 13.6. The fourth-order valence-electron chi connectivity index (χ4n) is 2.15. The van der Waals surface area contributed by atoms with Crippen molar-refractivity contribution in [1.82, 2.24) is 10.2 Å². The van der Waals surface area contributed by atoms with Crippen LogP contribution in [0.15, 0.2) is 0 Å². The standard InChI is InChI=1S/C15H31N3OS/c1-6-13(7-2)17-15(19)12(5)18(10-11(3)4)9-8-14(16)20/h11-13H,6-10H2,1-5H3,(H2,16,20)(H,17,19). The van der Waals surface area contributed by atoms with E-state index in [9.17, 15) is 4.79 Å². The lowest BCUT2D eigenvalue weighted by Crippen LogP contribution is -2.49. The van der Waals surface area contributed by atoms with E-state index in [1.54, 1.807) is 0 Å². The molecule has 0 spiro atoms. The summed E-state index contributed by atoms with van der Waals surface area (Å²) < 4.78 is 0. The molecule has 0 saturated heterocycles. The zero-order valence-corrected chi connectivity index (χ0v) is 14.4. The van der Waals surface area contributed by atoms with Gasteiger partial charge in [-0.1, -0.05) is 39.9 Å². The summed E-state index contributed by atoms with van der Waals surface area (Å²) in [4.78, 5) is 15.0. The summed E-state index contributed by atoms with van der Waals surface area (Å²) in [5.74, 6) is 0.604. The van der Waals surface area contributed by atoms with Crippen LogP contribution < -0.4 is 11.1 Å². The fraction of sp³-hybridized carbons (Fsp3) is 0.867. The smallest absolute Gasteiger partial charge is 0.237 e. The number of carbonyl (C=O) groups is 1. The fourth-order valence-corrected chi connectivity index (χ4v) is 2.24. The van der Waals surface area contributed by atoms with Crippen molar-refractivity contribution in [3.63, 3.8) is 0 Å². The molecule has 0 aromatic rings. The van der Waals surface area contributed by atoms with E-state index in [1.807, 2.05) is 6.92 Å². The van der Waals surface area contributed by atoms with Crippen molar-refractivity contribution >= 4 is 23.1 Å². The molecule has 1 unspecified atom stereocenters. The molecular weight excluding hydrogens is 270 g/mol. The first kappa shape index (κ1) is 19.3. The molecule has 0 radical (unpaired) electrons. The summed E-state index contributed by atoms with van der Waals surface area (Å²) in [5, 5.41) is 3.11. The molecule has 5 heteroatoms. The van der Waals surface area contributed by atoms with Gasteiger partial charge in [0.15, 0.2) is 0 Å². The van der Waals surface area contributed by atoms with E-state index in [0.29, 0.717) is 17.3 Å². The summed E-state index contributed by atoms with van der Waals surface area (Å²) >= 11 is 4.94. The molecule has 3 N–H and O–H groups in total. The molecule has 1 atom stereocenters. The van der Waals surface area contributed by atoms with E-state index in [-0.39, 0.29) is 18.0 Å². The Kier molecular flexibility index (Phi) is 9.76. The molecule has 0 saturated carbocycles. The van der Waals surface area contributed by atoms with Crippen LogP contribution in [0.25, 0.3) is 0 Å². The van der Waals surface area contributed by atoms with Gasteiger partial charge < -0.3 is 11.1 Å². The van der Waals surface area contributed by atoms with Crippen LogP contribution in [0.4, 0.5) is 0 Å². The molecule has 4 nitrogen and oxygen atoms in total. The van der Waals surface area contributed by atoms with Gasteiger partial charge in [0, 0.05) is 25.6 Å². The number of rotatable bonds is 10. The van der Waals surface area contributed by atoms with E-state index in [2.05, 4.69) is 37.9 Å². The number of nitrogens with zero attached hydrogens (tertiary/aromatic N) is 1. The van der Waals surface area contributed by atoms with Crippen LogP contribution in [0.5, 0.6) is 0 Å². The number of hydrogen-bond donors (Lipinski definition) is 2. The van der Waals surface area contributed by atoms with Crippen molar-refractivity contribution in [1.29, 1.82) is 0 Å².